The van der Waals surface area contributed by atoms with Gasteiger partial charge in [-0.2, -0.15) is 0 Å². The first-order valence-corrected chi connectivity index (χ1v) is 7.03. The molecular weight excluding hydrogens is 220 g/mol. The molecule has 0 spiro atoms. The molecule has 0 aromatic heterocycles. The Hall–Kier alpha value is -1.11. The quantitative estimate of drug-likeness (QED) is 0.652. The standard InChI is InChI=1S/C17H26O/c1-6-8-16(18)14-11-9-13(10-12-14)15(7-2)17(3,4)5/h9-12,15H,6-8H2,1-5H3. The number of ketones is 1. The lowest BCUT2D eigenvalue weighted by atomic mass is 9.75. The molecule has 1 rings (SSSR count). The zero-order valence-electron chi connectivity index (χ0n) is 12.4. The molecule has 1 aromatic carbocycles. The van der Waals surface area contributed by atoms with Crippen LogP contribution in [-0.2, 0) is 0 Å². The SMILES string of the molecule is CCCC(=O)c1ccc(C(CC)C(C)(C)C)cc1. The molecule has 0 bridgehead atoms. The first-order chi connectivity index (χ1) is 8.40. The zero-order chi connectivity index (χ0) is 13.8. The van der Waals surface area contributed by atoms with E-state index in [0.717, 1.165) is 18.4 Å². The second kappa shape index (κ2) is 6.17. The second-order valence-corrected chi connectivity index (χ2v) is 6.12. The van der Waals surface area contributed by atoms with Crippen LogP contribution in [0, 0.1) is 5.41 Å². The molecule has 0 aliphatic heterocycles. The molecule has 0 heterocycles. The van der Waals surface area contributed by atoms with Crippen LogP contribution >= 0.6 is 0 Å². The predicted octanol–water partition coefficient (Wildman–Crippen LogP) is 5.21. The topological polar surface area (TPSA) is 17.1 Å². The van der Waals surface area contributed by atoms with Crippen LogP contribution in [0.2, 0.25) is 0 Å². The van der Waals surface area contributed by atoms with Crippen molar-refractivity contribution in [1.82, 2.24) is 0 Å². The summed E-state index contributed by atoms with van der Waals surface area (Å²) in [7, 11) is 0. The van der Waals surface area contributed by atoms with Crippen molar-refractivity contribution in [3.63, 3.8) is 0 Å². The molecule has 1 heteroatoms. The minimum atomic E-state index is 0.257. The van der Waals surface area contributed by atoms with Gasteiger partial charge in [0.15, 0.2) is 5.78 Å². The van der Waals surface area contributed by atoms with Gasteiger partial charge in [-0.1, -0.05) is 58.9 Å². The number of Topliss-reactive ketones (excluding diaryl/α,β-unsaturated/α-hetero) is 1. The van der Waals surface area contributed by atoms with Crippen molar-refractivity contribution in [2.24, 2.45) is 5.41 Å². The fourth-order valence-corrected chi connectivity index (χ4v) is 2.62. The Balaban J connectivity index is 2.91. The van der Waals surface area contributed by atoms with Crippen molar-refractivity contribution in [1.29, 1.82) is 0 Å². The summed E-state index contributed by atoms with van der Waals surface area (Å²) in [5.74, 6) is 0.806. The maximum Gasteiger partial charge on any atom is 0.162 e. The van der Waals surface area contributed by atoms with Crippen molar-refractivity contribution in [2.75, 3.05) is 0 Å². The van der Waals surface area contributed by atoms with Crippen molar-refractivity contribution >= 4 is 5.78 Å². The third kappa shape index (κ3) is 3.69. The molecule has 0 N–H and O–H groups in total. The summed E-state index contributed by atoms with van der Waals surface area (Å²) in [5.41, 5.74) is 2.46. The lowest BCUT2D eigenvalue weighted by Gasteiger charge is -2.30. The smallest absolute Gasteiger partial charge is 0.162 e. The van der Waals surface area contributed by atoms with E-state index in [1.165, 1.54) is 5.56 Å². The van der Waals surface area contributed by atoms with Gasteiger partial charge >= 0.3 is 0 Å². The third-order valence-electron chi connectivity index (χ3n) is 3.57. The van der Waals surface area contributed by atoms with Crippen molar-refractivity contribution < 1.29 is 4.79 Å². The van der Waals surface area contributed by atoms with Crippen LogP contribution in [-0.4, -0.2) is 5.78 Å². The number of carbonyl (C=O) groups is 1. The van der Waals surface area contributed by atoms with Gasteiger partial charge < -0.3 is 0 Å². The summed E-state index contributed by atoms with van der Waals surface area (Å²) in [6, 6.07) is 8.23. The van der Waals surface area contributed by atoms with Gasteiger partial charge in [0.05, 0.1) is 0 Å². The molecule has 1 unspecified atom stereocenters. The minimum Gasteiger partial charge on any atom is -0.294 e. The van der Waals surface area contributed by atoms with Crippen molar-refractivity contribution in [2.45, 2.75) is 59.8 Å². The first-order valence-electron chi connectivity index (χ1n) is 7.03. The lowest BCUT2D eigenvalue weighted by molar-refractivity contribution is 0.0981. The molecule has 0 radical (unpaired) electrons. The van der Waals surface area contributed by atoms with Gasteiger partial charge in [-0.25, -0.2) is 0 Å². The highest BCUT2D eigenvalue weighted by Crippen LogP contribution is 2.37. The molecule has 0 amide bonds. The molecule has 1 atom stereocenters. The Bertz CT molecular complexity index is 381. The molecule has 0 fully saturated rings. The van der Waals surface area contributed by atoms with Gasteiger partial charge in [0, 0.05) is 12.0 Å². The van der Waals surface area contributed by atoms with Crippen LogP contribution in [0.3, 0.4) is 0 Å². The third-order valence-corrected chi connectivity index (χ3v) is 3.57. The summed E-state index contributed by atoms with van der Waals surface area (Å²) in [6.45, 7) is 11.1. The maximum atomic E-state index is 11.8. The fourth-order valence-electron chi connectivity index (χ4n) is 2.62. The van der Waals surface area contributed by atoms with E-state index in [1.54, 1.807) is 0 Å². The average Bonchev–Trinajstić information content (AvgIpc) is 2.29. The summed E-state index contributed by atoms with van der Waals surface area (Å²) < 4.78 is 0. The Morgan fingerprint density at radius 2 is 1.67 bits per heavy atom. The molecule has 0 aliphatic rings. The summed E-state index contributed by atoms with van der Waals surface area (Å²) in [6.07, 6.45) is 2.70. The largest absolute Gasteiger partial charge is 0.294 e. The summed E-state index contributed by atoms with van der Waals surface area (Å²) >= 11 is 0. The molecule has 100 valence electrons. The molecule has 0 aliphatic carbocycles. The predicted molar refractivity (Wildman–Crippen MR) is 78.2 cm³/mol. The van der Waals surface area contributed by atoms with Crippen LogP contribution in [0.25, 0.3) is 0 Å². The Labute approximate surface area is 112 Å². The first kappa shape index (κ1) is 14.9. The van der Waals surface area contributed by atoms with Gasteiger partial charge in [-0.05, 0) is 29.7 Å². The normalized spacial score (nSPS) is 13.4. The Kier molecular flexibility index (Phi) is 5.13. The number of hydrogen-bond donors (Lipinski definition) is 0. The molecule has 0 saturated carbocycles. The summed E-state index contributed by atoms with van der Waals surface area (Å²) in [5, 5.41) is 0. The van der Waals surface area contributed by atoms with Crippen LogP contribution in [0.4, 0.5) is 0 Å². The maximum absolute atomic E-state index is 11.8. The number of rotatable bonds is 5. The Morgan fingerprint density at radius 3 is 2.06 bits per heavy atom. The molecule has 18 heavy (non-hydrogen) atoms. The van der Waals surface area contributed by atoms with E-state index < -0.39 is 0 Å². The molecule has 1 nitrogen and oxygen atoms in total. The Morgan fingerprint density at radius 1 is 1.11 bits per heavy atom. The lowest BCUT2D eigenvalue weighted by Crippen LogP contribution is -2.17. The van der Waals surface area contributed by atoms with Gasteiger partial charge in [-0.3, -0.25) is 4.79 Å². The van der Waals surface area contributed by atoms with E-state index in [-0.39, 0.29) is 11.2 Å². The van der Waals surface area contributed by atoms with Crippen molar-refractivity contribution in [3.8, 4) is 0 Å². The number of benzene rings is 1. The highest BCUT2D eigenvalue weighted by Gasteiger charge is 2.24. The van der Waals surface area contributed by atoms with Crippen LogP contribution in [0.5, 0.6) is 0 Å². The van der Waals surface area contributed by atoms with E-state index in [2.05, 4.69) is 39.8 Å². The average molecular weight is 246 g/mol. The van der Waals surface area contributed by atoms with E-state index in [0.29, 0.717) is 12.3 Å². The summed E-state index contributed by atoms with van der Waals surface area (Å²) in [4.78, 5) is 11.8. The minimum absolute atomic E-state index is 0.257. The van der Waals surface area contributed by atoms with Gasteiger partial charge in [-0.15, -0.1) is 0 Å². The van der Waals surface area contributed by atoms with Crippen LogP contribution in [0.15, 0.2) is 24.3 Å². The van der Waals surface area contributed by atoms with Crippen LogP contribution < -0.4 is 0 Å². The van der Waals surface area contributed by atoms with E-state index >= 15 is 0 Å². The van der Waals surface area contributed by atoms with E-state index in [4.69, 9.17) is 0 Å². The second-order valence-electron chi connectivity index (χ2n) is 6.12. The van der Waals surface area contributed by atoms with Crippen molar-refractivity contribution in [3.05, 3.63) is 35.4 Å². The highest BCUT2D eigenvalue weighted by atomic mass is 16.1. The number of hydrogen-bond acceptors (Lipinski definition) is 1. The van der Waals surface area contributed by atoms with Gasteiger partial charge in [0.2, 0.25) is 0 Å². The zero-order valence-corrected chi connectivity index (χ0v) is 12.4. The monoisotopic (exact) mass is 246 g/mol. The molecular formula is C17H26O. The van der Waals surface area contributed by atoms with E-state index in [1.807, 2.05) is 19.1 Å². The number of carbonyl (C=O) groups excluding carboxylic acids is 1. The van der Waals surface area contributed by atoms with Crippen LogP contribution in [0.1, 0.15) is 75.7 Å². The molecule has 1 aromatic rings. The fraction of sp³-hybridized carbons (Fsp3) is 0.588. The molecule has 0 saturated heterocycles. The van der Waals surface area contributed by atoms with E-state index in [9.17, 15) is 4.79 Å². The van der Waals surface area contributed by atoms with Gasteiger partial charge in [0.1, 0.15) is 0 Å². The van der Waals surface area contributed by atoms with Gasteiger partial charge in [0.25, 0.3) is 0 Å². The highest BCUT2D eigenvalue weighted by molar-refractivity contribution is 5.96.